The summed E-state index contributed by atoms with van der Waals surface area (Å²) in [5.41, 5.74) is 5.69. The van der Waals surface area contributed by atoms with Gasteiger partial charge < -0.3 is 5.11 Å². The normalized spacial score (nSPS) is 11.5. The molecular weight excluding hydrogens is 807 g/mol. The van der Waals surface area contributed by atoms with Gasteiger partial charge in [-0.25, -0.2) is 0 Å². The second-order valence-electron chi connectivity index (χ2n) is 12.1. The average molecular weight is 851 g/mol. The number of benzene rings is 3. The van der Waals surface area contributed by atoms with Gasteiger partial charge >= 0.3 is 0 Å². The standard InChI is InChI=1S/C29H20NS2.C13H24O2.Ir/c1-18-7-12-28(31-18)21-10-8-20(9-11-21)22-13-14-30-27(17-22)26-16-23-5-3-4-6-24(23)25-15-19(2)32-29(25)26;1-5-10(6-2)12(14)9-13(15)11(7-3)8-4;/h3-15,17H,1-2H3;9-11,14H,5-8H2,1-4H3;/q-1;;/b;12-9-;. The summed E-state index contributed by atoms with van der Waals surface area (Å²) in [4.78, 5) is 20.4. The summed E-state index contributed by atoms with van der Waals surface area (Å²) in [6.07, 6.45) is 6.82. The maximum absolute atomic E-state index is 11.7. The van der Waals surface area contributed by atoms with Gasteiger partial charge in [0.25, 0.3) is 0 Å². The number of aliphatic hydroxyl groups excluding tert-OH is 1. The molecule has 0 fully saturated rings. The van der Waals surface area contributed by atoms with Crippen LogP contribution in [0.1, 0.15) is 63.1 Å². The molecule has 6 aromatic rings. The molecule has 0 atom stereocenters. The number of hydrogen-bond donors (Lipinski definition) is 1. The quantitative estimate of drug-likeness (QED) is 0.0849. The van der Waals surface area contributed by atoms with Crippen molar-refractivity contribution in [2.24, 2.45) is 11.8 Å². The third-order valence-electron chi connectivity index (χ3n) is 8.90. The van der Waals surface area contributed by atoms with Gasteiger partial charge in [-0.2, -0.15) is 11.3 Å². The Hall–Kier alpha value is -3.41. The van der Waals surface area contributed by atoms with Crippen LogP contribution in [0.15, 0.2) is 96.9 Å². The van der Waals surface area contributed by atoms with E-state index < -0.39 is 0 Å². The number of fused-ring (bicyclic) bond motifs is 3. The van der Waals surface area contributed by atoms with Gasteiger partial charge in [-0.3, -0.25) is 9.78 Å². The minimum absolute atomic E-state index is 0. The van der Waals surface area contributed by atoms with E-state index in [1.807, 2.05) is 56.6 Å². The molecule has 251 valence electrons. The Morgan fingerprint density at radius 2 is 1.44 bits per heavy atom. The fourth-order valence-corrected chi connectivity index (χ4v) is 7.95. The number of carbonyl (C=O) groups excluding carboxylic acids is 1. The fraction of sp³-hybridized carbons (Fsp3) is 0.286. The number of thiophene rings is 2. The molecule has 0 bridgehead atoms. The first-order valence-corrected chi connectivity index (χ1v) is 18.3. The van der Waals surface area contributed by atoms with Gasteiger partial charge in [-0.05, 0) is 84.0 Å². The molecule has 0 saturated heterocycles. The van der Waals surface area contributed by atoms with Crippen LogP contribution < -0.4 is 0 Å². The third-order valence-corrected chi connectivity index (χ3v) is 11.0. The number of rotatable bonds is 10. The Balaban J connectivity index is 0.000000279. The number of hydrogen-bond acceptors (Lipinski definition) is 5. The molecule has 0 aliphatic heterocycles. The summed E-state index contributed by atoms with van der Waals surface area (Å²) < 4.78 is 1.26. The number of aromatic nitrogens is 1. The minimum atomic E-state index is 0. The Labute approximate surface area is 307 Å². The summed E-state index contributed by atoms with van der Waals surface area (Å²) >= 11 is 3.65. The Morgan fingerprint density at radius 3 is 2.08 bits per heavy atom. The largest absolute Gasteiger partial charge is 0.512 e. The summed E-state index contributed by atoms with van der Waals surface area (Å²) in [5, 5.41) is 13.4. The molecule has 3 aromatic heterocycles. The molecule has 3 nitrogen and oxygen atoms in total. The van der Waals surface area contributed by atoms with Gasteiger partial charge in [0, 0.05) is 59.7 Å². The number of carbonyl (C=O) groups is 1. The first kappa shape index (κ1) is 37.4. The van der Waals surface area contributed by atoms with Crippen LogP contribution in [0.4, 0.5) is 0 Å². The van der Waals surface area contributed by atoms with Gasteiger partial charge in [-0.1, -0.05) is 98.6 Å². The number of allylic oxidation sites excluding steroid dienone is 2. The molecule has 1 N–H and O–H groups in total. The SMILES string of the molecule is CCC(CC)C(=O)/C=C(\O)C(CC)CC.Cc1ccc(-c2ccc(-c3ccnc(-c4[c-]c5ccccc5c5cc(C)sc45)c3)cc2)s1.[Ir]. The van der Waals surface area contributed by atoms with Crippen LogP contribution in [0.25, 0.3) is 53.7 Å². The number of aliphatic hydroxyl groups is 1. The zero-order valence-electron chi connectivity index (χ0n) is 28.6. The molecule has 6 heteroatoms. The van der Waals surface area contributed by atoms with Gasteiger partial charge in [0.2, 0.25) is 0 Å². The van der Waals surface area contributed by atoms with Crippen LogP contribution in [0.2, 0.25) is 0 Å². The fourth-order valence-electron chi connectivity index (χ4n) is 6.04. The van der Waals surface area contributed by atoms with Crippen molar-refractivity contribution >= 4 is 49.3 Å². The van der Waals surface area contributed by atoms with Gasteiger partial charge in [0.15, 0.2) is 5.78 Å². The van der Waals surface area contributed by atoms with Crippen molar-refractivity contribution in [3.8, 4) is 32.8 Å². The molecule has 0 unspecified atom stereocenters. The second kappa shape index (κ2) is 17.3. The van der Waals surface area contributed by atoms with E-state index in [9.17, 15) is 9.90 Å². The summed E-state index contributed by atoms with van der Waals surface area (Å²) in [7, 11) is 0. The Bertz CT molecular complexity index is 2000. The topological polar surface area (TPSA) is 50.2 Å². The van der Waals surface area contributed by atoms with Crippen molar-refractivity contribution in [2.45, 2.75) is 67.2 Å². The van der Waals surface area contributed by atoms with Crippen molar-refractivity contribution in [2.75, 3.05) is 0 Å². The number of aryl methyl sites for hydroxylation is 2. The zero-order valence-corrected chi connectivity index (χ0v) is 32.6. The predicted octanol–water partition coefficient (Wildman–Crippen LogP) is 12.8. The van der Waals surface area contributed by atoms with Crippen LogP contribution in [0, 0.1) is 31.7 Å². The molecule has 0 aliphatic rings. The van der Waals surface area contributed by atoms with Crippen LogP contribution in [0.3, 0.4) is 0 Å². The molecule has 0 amide bonds. The summed E-state index contributed by atoms with van der Waals surface area (Å²) in [6, 6.07) is 31.9. The smallest absolute Gasteiger partial charge is 0.162 e. The van der Waals surface area contributed by atoms with Crippen molar-refractivity contribution in [1.29, 1.82) is 0 Å². The third kappa shape index (κ3) is 8.59. The zero-order chi connectivity index (χ0) is 33.5. The van der Waals surface area contributed by atoms with Crippen molar-refractivity contribution in [1.82, 2.24) is 4.98 Å². The molecule has 0 spiro atoms. The molecular formula is C42H44IrNO2S2-. The van der Waals surface area contributed by atoms with E-state index in [-0.39, 0.29) is 43.5 Å². The maximum atomic E-state index is 11.7. The summed E-state index contributed by atoms with van der Waals surface area (Å²) in [6.45, 7) is 12.4. The van der Waals surface area contributed by atoms with Crippen LogP contribution >= 0.6 is 22.7 Å². The molecule has 0 saturated carbocycles. The molecule has 0 aliphatic carbocycles. The van der Waals surface area contributed by atoms with Crippen LogP contribution in [-0.2, 0) is 24.9 Å². The van der Waals surface area contributed by atoms with Crippen LogP contribution in [-0.4, -0.2) is 15.9 Å². The van der Waals surface area contributed by atoms with Crippen LogP contribution in [0.5, 0.6) is 0 Å². The Morgan fingerprint density at radius 1 is 0.771 bits per heavy atom. The molecule has 48 heavy (non-hydrogen) atoms. The first-order chi connectivity index (χ1) is 22.8. The first-order valence-electron chi connectivity index (χ1n) is 16.7. The predicted molar refractivity (Wildman–Crippen MR) is 203 cm³/mol. The second-order valence-corrected chi connectivity index (χ2v) is 14.6. The van der Waals surface area contributed by atoms with E-state index in [2.05, 4.69) is 98.8 Å². The van der Waals surface area contributed by atoms with E-state index in [0.29, 0.717) is 0 Å². The minimum Gasteiger partial charge on any atom is -0.512 e. The summed E-state index contributed by atoms with van der Waals surface area (Å²) in [5.74, 6) is 0.547. The number of ketones is 1. The van der Waals surface area contributed by atoms with E-state index in [4.69, 9.17) is 4.98 Å². The van der Waals surface area contributed by atoms with E-state index in [1.54, 1.807) is 0 Å². The van der Waals surface area contributed by atoms with Gasteiger partial charge in [-0.15, -0.1) is 28.9 Å². The maximum Gasteiger partial charge on any atom is 0.162 e. The van der Waals surface area contributed by atoms with Crippen molar-refractivity contribution in [3.63, 3.8) is 0 Å². The van der Waals surface area contributed by atoms with E-state index in [1.165, 1.54) is 52.9 Å². The van der Waals surface area contributed by atoms with Crippen molar-refractivity contribution in [3.05, 3.63) is 113 Å². The average Bonchev–Trinajstić information content (AvgIpc) is 3.71. The number of nitrogens with zero attached hydrogens (tertiary/aromatic N) is 1. The molecule has 3 aromatic carbocycles. The molecule has 3 heterocycles. The molecule has 6 rings (SSSR count). The van der Waals surface area contributed by atoms with E-state index >= 15 is 0 Å². The number of pyridine rings is 1. The van der Waals surface area contributed by atoms with Gasteiger partial charge in [0.1, 0.15) is 0 Å². The Kier molecular flexibility index (Phi) is 13.5. The van der Waals surface area contributed by atoms with Crippen molar-refractivity contribution < 1.29 is 30.0 Å². The monoisotopic (exact) mass is 851 g/mol. The van der Waals surface area contributed by atoms with Gasteiger partial charge in [0.05, 0.1) is 5.76 Å². The molecule has 1 radical (unpaired) electrons. The van der Waals surface area contributed by atoms with E-state index in [0.717, 1.165) is 42.3 Å².